The highest BCUT2D eigenvalue weighted by Crippen LogP contribution is 2.32. The molecule has 0 atom stereocenters. The van der Waals surface area contributed by atoms with Gasteiger partial charge in [-0.1, -0.05) is 25.0 Å². The van der Waals surface area contributed by atoms with E-state index in [9.17, 15) is 14.7 Å². The zero-order valence-electron chi connectivity index (χ0n) is 11.1. The Balaban J connectivity index is 1.98. The van der Waals surface area contributed by atoms with Crippen molar-refractivity contribution in [2.45, 2.75) is 44.6 Å². The average Bonchev–Trinajstić information content (AvgIpc) is 2.75. The van der Waals surface area contributed by atoms with Crippen LogP contribution in [-0.4, -0.2) is 22.4 Å². The molecule has 1 amide bonds. The van der Waals surface area contributed by atoms with Crippen molar-refractivity contribution in [3.05, 3.63) is 29.8 Å². The lowest BCUT2D eigenvalue weighted by atomic mass is 9.97. The number of anilines is 1. The number of Topliss-reactive ketones (excluding diaryl/α,β-unsaturated/α-hetero) is 1. The molecule has 4 heteroatoms. The monoisotopic (exact) mass is 261 g/mol. The third-order valence-corrected chi connectivity index (χ3v) is 3.58. The normalized spacial score (nSPS) is 17.2. The van der Waals surface area contributed by atoms with Crippen LogP contribution in [0.5, 0.6) is 0 Å². The number of carbonyl (C=O) groups excluding carboxylic acids is 2. The fourth-order valence-corrected chi connectivity index (χ4v) is 2.53. The summed E-state index contributed by atoms with van der Waals surface area (Å²) in [4.78, 5) is 23.2. The van der Waals surface area contributed by atoms with Crippen molar-refractivity contribution in [1.29, 1.82) is 0 Å². The van der Waals surface area contributed by atoms with Crippen molar-refractivity contribution in [3.63, 3.8) is 0 Å². The average molecular weight is 261 g/mol. The molecule has 2 rings (SSSR count). The third kappa shape index (κ3) is 3.64. The lowest BCUT2D eigenvalue weighted by Crippen LogP contribution is -2.30. The van der Waals surface area contributed by atoms with Crippen LogP contribution < -0.4 is 5.32 Å². The number of rotatable bonds is 4. The van der Waals surface area contributed by atoms with Gasteiger partial charge in [-0.05, 0) is 31.9 Å². The van der Waals surface area contributed by atoms with Crippen LogP contribution in [-0.2, 0) is 4.79 Å². The SMILES string of the molecule is CC(=O)c1cccc(NC(=O)CC2(O)CCCC2)c1. The molecular weight excluding hydrogens is 242 g/mol. The third-order valence-electron chi connectivity index (χ3n) is 3.58. The molecule has 1 fully saturated rings. The second kappa shape index (κ2) is 5.53. The fraction of sp³-hybridized carbons (Fsp3) is 0.467. The maximum Gasteiger partial charge on any atom is 0.227 e. The Morgan fingerprint density at radius 2 is 2.00 bits per heavy atom. The van der Waals surface area contributed by atoms with Crippen LogP contribution in [0, 0.1) is 0 Å². The largest absolute Gasteiger partial charge is 0.389 e. The van der Waals surface area contributed by atoms with Gasteiger partial charge in [0.25, 0.3) is 0 Å². The van der Waals surface area contributed by atoms with E-state index >= 15 is 0 Å². The number of carbonyl (C=O) groups is 2. The van der Waals surface area contributed by atoms with Gasteiger partial charge in [0, 0.05) is 11.3 Å². The Morgan fingerprint density at radius 3 is 2.63 bits per heavy atom. The van der Waals surface area contributed by atoms with Crippen LogP contribution in [0.25, 0.3) is 0 Å². The highest BCUT2D eigenvalue weighted by molar-refractivity contribution is 5.97. The predicted molar refractivity (Wildman–Crippen MR) is 73.1 cm³/mol. The van der Waals surface area contributed by atoms with Crippen LogP contribution in [0.1, 0.15) is 49.4 Å². The first-order chi connectivity index (χ1) is 8.98. The molecule has 1 aliphatic carbocycles. The van der Waals surface area contributed by atoms with Gasteiger partial charge < -0.3 is 10.4 Å². The molecule has 1 aliphatic rings. The molecule has 0 saturated heterocycles. The Kier molecular flexibility index (Phi) is 4.00. The zero-order valence-corrected chi connectivity index (χ0v) is 11.1. The molecule has 4 nitrogen and oxygen atoms in total. The molecule has 0 radical (unpaired) electrons. The number of aliphatic hydroxyl groups is 1. The van der Waals surface area contributed by atoms with Crippen LogP contribution in [0.15, 0.2) is 24.3 Å². The molecule has 0 aromatic heterocycles. The van der Waals surface area contributed by atoms with Crippen LogP contribution in [0.4, 0.5) is 5.69 Å². The van der Waals surface area contributed by atoms with Crippen molar-refractivity contribution < 1.29 is 14.7 Å². The Hall–Kier alpha value is -1.68. The standard InChI is InChI=1S/C15H19NO3/c1-11(17)12-5-4-6-13(9-12)16-14(18)10-15(19)7-2-3-8-15/h4-6,9,19H,2-3,7-8,10H2,1H3,(H,16,18). The van der Waals surface area contributed by atoms with Gasteiger partial charge in [-0.2, -0.15) is 0 Å². The maximum absolute atomic E-state index is 11.9. The minimum atomic E-state index is -0.845. The van der Waals surface area contributed by atoms with Gasteiger partial charge in [0.2, 0.25) is 5.91 Å². The van der Waals surface area contributed by atoms with Crippen LogP contribution >= 0.6 is 0 Å². The van der Waals surface area contributed by atoms with E-state index in [0.29, 0.717) is 24.1 Å². The van der Waals surface area contributed by atoms with Crippen LogP contribution in [0.3, 0.4) is 0 Å². The molecular formula is C15H19NO3. The Bertz CT molecular complexity index is 490. The van der Waals surface area contributed by atoms with E-state index in [1.54, 1.807) is 24.3 Å². The highest BCUT2D eigenvalue weighted by Gasteiger charge is 2.33. The molecule has 0 aliphatic heterocycles. The van der Waals surface area contributed by atoms with Crippen molar-refractivity contribution in [2.24, 2.45) is 0 Å². The minimum absolute atomic E-state index is 0.0366. The first kappa shape index (κ1) is 13.7. The maximum atomic E-state index is 11.9. The summed E-state index contributed by atoms with van der Waals surface area (Å²) in [5.41, 5.74) is 0.319. The first-order valence-electron chi connectivity index (χ1n) is 6.62. The number of ketones is 1. The van der Waals surface area contributed by atoms with E-state index in [1.807, 2.05) is 0 Å². The highest BCUT2D eigenvalue weighted by atomic mass is 16.3. The van der Waals surface area contributed by atoms with E-state index in [4.69, 9.17) is 0 Å². The van der Waals surface area contributed by atoms with Crippen molar-refractivity contribution in [1.82, 2.24) is 0 Å². The van der Waals surface area contributed by atoms with E-state index in [2.05, 4.69) is 5.32 Å². The number of benzene rings is 1. The summed E-state index contributed by atoms with van der Waals surface area (Å²) >= 11 is 0. The van der Waals surface area contributed by atoms with E-state index < -0.39 is 5.60 Å². The lowest BCUT2D eigenvalue weighted by molar-refractivity contribution is -0.120. The Labute approximate surface area is 112 Å². The Morgan fingerprint density at radius 1 is 1.32 bits per heavy atom. The van der Waals surface area contributed by atoms with Gasteiger partial charge >= 0.3 is 0 Å². The second-order valence-corrected chi connectivity index (χ2v) is 5.29. The zero-order chi connectivity index (χ0) is 13.9. The molecule has 1 saturated carbocycles. The molecule has 1 aromatic carbocycles. The van der Waals surface area contributed by atoms with Crippen molar-refractivity contribution >= 4 is 17.4 Å². The summed E-state index contributed by atoms with van der Waals surface area (Å²) in [7, 11) is 0. The summed E-state index contributed by atoms with van der Waals surface area (Å²) in [5.74, 6) is -0.240. The van der Waals surface area contributed by atoms with Gasteiger partial charge in [0.05, 0.1) is 12.0 Å². The molecule has 102 valence electrons. The summed E-state index contributed by atoms with van der Waals surface area (Å²) < 4.78 is 0. The fourth-order valence-electron chi connectivity index (χ4n) is 2.53. The summed E-state index contributed by atoms with van der Waals surface area (Å²) in [6.07, 6.45) is 3.45. The summed E-state index contributed by atoms with van der Waals surface area (Å²) in [5, 5.41) is 12.9. The first-order valence-corrected chi connectivity index (χ1v) is 6.62. The molecule has 1 aromatic rings. The number of hydrogen-bond acceptors (Lipinski definition) is 3. The predicted octanol–water partition coefficient (Wildman–Crippen LogP) is 2.52. The summed E-state index contributed by atoms with van der Waals surface area (Å²) in [6, 6.07) is 6.83. The van der Waals surface area contributed by atoms with Gasteiger partial charge in [0.15, 0.2) is 5.78 Å². The molecule has 0 unspecified atom stereocenters. The molecule has 19 heavy (non-hydrogen) atoms. The van der Waals surface area contributed by atoms with E-state index in [1.165, 1.54) is 6.92 Å². The van der Waals surface area contributed by atoms with Gasteiger partial charge in [-0.3, -0.25) is 9.59 Å². The topological polar surface area (TPSA) is 66.4 Å². The van der Waals surface area contributed by atoms with E-state index in [0.717, 1.165) is 12.8 Å². The van der Waals surface area contributed by atoms with Crippen LogP contribution in [0.2, 0.25) is 0 Å². The second-order valence-electron chi connectivity index (χ2n) is 5.29. The van der Waals surface area contributed by atoms with Gasteiger partial charge in [0.1, 0.15) is 0 Å². The summed E-state index contributed by atoms with van der Waals surface area (Å²) in [6.45, 7) is 1.49. The van der Waals surface area contributed by atoms with Gasteiger partial charge in [-0.25, -0.2) is 0 Å². The molecule has 0 bridgehead atoms. The number of hydrogen-bond donors (Lipinski definition) is 2. The quantitative estimate of drug-likeness (QED) is 0.818. The van der Waals surface area contributed by atoms with Gasteiger partial charge in [-0.15, -0.1) is 0 Å². The molecule has 0 heterocycles. The molecule has 0 spiro atoms. The van der Waals surface area contributed by atoms with Crippen molar-refractivity contribution in [3.8, 4) is 0 Å². The smallest absolute Gasteiger partial charge is 0.227 e. The van der Waals surface area contributed by atoms with Crippen molar-refractivity contribution in [2.75, 3.05) is 5.32 Å². The molecule has 2 N–H and O–H groups in total. The number of nitrogens with one attached hydrogen (secondary N) is 1. The number of amides is 1. The van der Waals surface area contributed by atoms with E-state index in [-0.39, 0.29) is 18.1 Å². The minimum Gasteiger partial charge on any atom is -0.389 e. The lowest BCUT2D eigenvalue weighted by Gasteiger charge is -2.21.